The number of aliphatic carboxylic acids is 1. The van der Waals surface area contributed by atoms with Gasteiger partial charge in [0.15, 0.2) is 0 Å². The van der Waals surface area contributed by atoms with Crippen LogP contribution in [0.2, 0.25) is 0 Å². The second-order valence-corrected chi connectivity index (χ2v) is 10.7. The van der Waals surface area contributed by atoms with E-state index in [9.17, 15) is 4.79 Å². The summed E-state index contributed by atoms with van der Waals surface area (Å²) in [5.41, 5.74) is 5.04. The molecule has 0 amide bonds. The second kappa shape index (κ2) is 8.95. The van der Waals surface area contributed by atoms with Crippen LogP contribution in [0.5, 0.6) is 5.75 Å². The van der Waals surface area contributed by atoms with Gasteiger partial charge in [-0.3, -0.25) is 9.97 Å². The van der Waals surface area contributed by atoms with Crippen molar-refractivity contribution in [3.63, 3.8) is 0 Å². The van der Waals surface area contributed by atoms with E-state index >= 15 is 0 Å². The van der Waals surface area contributed by atoms with E-state index in [1.54, 1.807) is 12.4 Å². The standard InChI is InChI=1S/C30H30N2O3/c33-29(34)9-7-25-17-32-27(18-31-25)24-6-8-28(35-19-20-4-2-1-3-5-20)26(13-24)30-14-21-10-22(15-30)12-23(11-21)16-30/h1-9,13,17-18,21-23H,10-12,14-16,19H2,(H,33,34)/b9-7+. The van der Waals surface area contributed by atoms with E-state index in [0.29, 0.717) is 12.3 Å². The van der Waals surface area contributed by atoms with Crippen LogP contribution in [0, 0.1) is 17.8 Å². The van der Waals surface area contributed by atoms with Gasteiger partial charge in [0.1, 0.15) is 12.4 Å². The third kappa shape index (κ3) is 4.47. The molecule has 0 unspecified atom stereocenters. The molecule has 4 saturated carbocycles. The maximum absolute atomic E-state index is 10.8. The first-order valence-corrected chi connectivity index (χ1v) is 12.6. The zero-order valence-corrected chi connectivity index (χ0v) is 19.8. The number of rotatable bonds is 7. The predicted octanol–water partition coefficient (Wildman–Crippen LogP) is 6.29. The Balaban J connectivity index is 1.35. The lowest BCUT2D eigenvalue weighted by Gasteiger charge is -2.57. The number of benzene rings is 2. The molecule has 0 aliphatic heterocycles. The molecule has 1 N–H and O–H groups in total. The lowest BCUT2D eigenvalue weighted by atomic mass is 9.48. The molecule has 5 nitrogen and oxygen atoms in total. The minimum absolute atomic E-state index is 0.189. The Morgan fingerprint density at radius 1 is 0.971 bits per heavy atom. The number of nitrogens with zero attached hydrogens (tertiary/aromatic N) is 2. The molecule has 0 atom stereocenters. The minimum atomic E-state index is -0.998. The predicted molar refractivity (Wildman–Crippen MR) is 135 cm³/mol. The first-order valence-electron chi connectivity index (χ1n) is 12.6. The van der Waals surface area contributed by atoms with E-state index in [4.69, 9.17) is 9.84 Å². The van der Waals surface area contributed by atoms with Crippen molar-refractivity contribution in [3.8, 4) is 17.0 Å². The molecule has 5 heteroatoms. The number of carboxylic acid groups (broad SMARTS) is 1. The Bertz CT molecular complexity index is 1220. The molecule has 2 aromatic carbocycles. The highest BCUT2D eigenvalue weighted by Gasteiger charge is 2.52. The van der Waals surface area contributed by atoms with Crippen LogP contribution >= 0.6 is 0 Å². The van der Waals surface area contributed by atoms with Crippen molar-refractivity contribution in [2.75, 3.05) is 0 Å². The molecule has 4 aliphatic rings. The molecule has 35 heavy (non-hydrogen) atoms. The Morgan fingerprint density at radius 2 is 1.69 bits per heavy atom. The molecule has 0 spiro atoms. The lowest BCUT2D eigenvalue weighted by molar-refractivity contribution is -0.131. The van der Waals surface area contributed by atoms with Crippen LogP contribution in [0.15, 0.2) is 67.0 Å². The molecule has 4 bridgehead atoms. The molecule has 3 aromatic rings. The van der Waals surface area contributed by atoms with Crippen molar-refractivity contribution in [1.29, 1.82) is 0 Å². The maximum Gasteiger partial charge on any atom is 0.328 e. The zero-order chi connectivity index (χ0) is 23.8. The molecule has 4 fully saturated rings. The zero-order valence-electron chi connectivity index (χ0n) is 19.8. The molecule has 4 aliphatic carbocycles. The summed E-state index contributed by atoms with van der Waals surface area (Å²) < 4.78 is 6.48. The summed E-state index contributed by atoms with van der Waals surface area (Å²) in [6.45, 7) is 0.559. The first-order chi connectivity index (χ1) is 17.1. The smallest absolute Gasteiger partial charge is 0.328 e. The quantitative estimate of drug-likeness (QED) is 0.414. The summed E-state index contributed by atoms with van der Waals surface area (Å²) in [4.78, 5) is 19.8. The second-order valence-electron chi connectivity index (χ2n) is 10.7. The fraction of sp³-hybridized carbons (Fsp3) is 0.367. The van der Waals surface area contributed by atoms with Gasteiger partial charge < -0.3 is 9.84 Å². The third-order valence-electron chi connectivity index (χ3n) is 8.19. The van der Waals surface area contributed by atoms with E-state index in [2.05, 4.69) is 52.4 Å². The number of hydrogen-bond donors (Lipinski definition) is 1. The van der Waals surface area contributed by atoms with Crippen LogP contribution in [-0.2, 0) is 16.8 Å². The van der Waals surface area contributed by atoms with Gasteiger partial charge in [0.2, 0.25) is 0 Å². The fourth-order valence-corrected chi connectivity index (χ4v) is 7.14. The van der Waals surface area contributed by atoms with Crippen LogP contribution in [0.3, 0.4) is 0 Å². The highest BCUT2D eigenvalue weighted by molar-refractivity contribution is 5.84. The number of hydrogen-bond acceptors (Lipinski definition) is 4. The summed E-state index contributed by atoms with van der Waals surface area (Å²) in [7, 11) is 0. The Hall–Kier alpha value is -3.47. The van der Waals surface area contributed by atoms with Crippen LogP contribution in [-0.4, -0.2) is 21.0 Å². The van der Waals surface area contributed by atoms with Gasteiger partial charge in [0.25, 0.3) is 0 Å². The maximum atomic E-state index is 10.8. The van der Waals surface area contributed by atoms with Crippen molar-refractivity contribution < 1.29 is 14.6 Å². The Labute approximate surface area is 205 Å². The van der Waals surface area contributed by atoms with Gasteiger partial charge in [-0.1, -0.05) is 30.3 Å². The number of ether oxygens (including phenoxy) is 1. The molecule has 0 radical (unpaired) electrons. The molecule has 1 aromatic heterocycles. The number of carbonyl (C=O) groups is 1. The average Bonchev–Trinajstić information content (AvgIpc) is 2.86. The normalized spacial score (nSPS) is 26.8. The van der Waals surface area contributed by atoms with E-state index in [-0.39, 0.29) is 5.41 Å². The average molecular weight is 467 g/mol. The van der Waals surface area contributed by atoms with E-state index in [1.807, 2.05) is 6.07 Å². The van der Waals surface area contributed by atoms with E-state index < -0.39 is 5.97 Å². The van der Waals surface area contributed by atoms with Gasteiger partial charge in [0, 0.05) is 17.2 Å². The van der Waals surface area contributed by atoms with Gasteiger partial charge in [-0.15, -0.1) is 0 Å². The highest BCUT2D eigenvalue weighted by Crippen LogP contribution is 2.62. The van der Waals surface area contributed by atoms with E-state index in [1.165, 1.54) is 55.7 Å². The van der Waals surface area contributed by atoms with Gasteiger partial charge in [-0.05, 0) is 91.5 Å². The van der Waals surface area contributed by atoms with Crippen LogP contribution in [0.4, 0.5) is 0 Å². The summed E-state index contributed by atoms with van der Waals surface area (Å²) in [6, 6.07) is 16.8. The summed E-state index contributed by atoms with van der Waals surface area (Å²) in [5.74, 6) is 2.52. The lowest BCUT2D eigenvalue weighted by Crippen LogP contribution is -2.48. The van der Waals surface area contributed by atoms with Crippen molar-refractivity contribution in [1.82, 2.24) is 9.97 Å². The Morgan fingerprint density at radius 3 is 2.31 bits per heavy atom. The highest BCUT2D eigenvalue weighted by atomic mass is 16.5. The molecule has 1 heterocycles. The molecule has 0 saturated heterocycles. The van der Waals surface area contributed by atoms with Crippen molar-refractivity contribution in [2.24, 2.45) is 17.8 Å². The molecule has 178 valence electrons. The first kappa shape index (κ1) is 22.0. The largest absolute Gasteiger partial charge is 0.489 e. The van der Waals surface area contributed by atoms with Gasteiger partial charge in [-0.2, -0.15) is 0 Å². The SMILES string of the molecule is O=C(O)/C=C/c1cnc(-c2ccc(OCc3ccccc3)c(C34CC5CC(CC(C5)C3)C4)c2)cn1. The molecular weight excluding hydrogens is 436 g/mol. The van der Waals surface area contributed by atoms with Gasteiger partial charge >= 0.3 is 5.97 Å². The monoisotopic (exact) mass is 466 g/mol. The van der Waals surface area contributed by atoms with Crippen LogP contribution in [0.1, 0.15) is 55.3 Å². The Kier molecular flexibility index (Phi) is 5.63. The summed E-state index contributed by atoms with van der Waals surface area (Å²) >= 11 is 0. The van der Waals surface area contributed by atoms with E-state index in [0.717, 1.165) is 40.8 Å². The summed E-state index contributed by atoms with van der Waals surface area (Å²) in [5, 5.41) is 8.85. The third-order valence-corrected chi connectivity index (χ3v) is 8.19. The minimum Gasteiger partial charge on any atom is -0.489 e. The number of aromatic nitrogens is 2. The van der Waals surface area contributed by atoms with Crippen molar-refractivity contribution in [2.45, 2.75) is 50.5 Å². The number of carboxylic acids is 1. The topological polar surface area (TPSA) is 72.3 Å². The van der Waals surface area contributed by atoms with Gasteiger partial charge in [-0.25, -0.2) is 4.79 Å². The molecule has 7 rings (SSSR count). The van der Waals surface area contributed by atoms with Crippen LogP contribution < -0.4 is 4.74 Å². The summed E-state index contributed by atoms with van der Waals surface area (Å²) in [6.07, 6.45) is 13.9. The fourth-order valence-electron chi connectivity index (χ4n) is 7.14. The van der Waals surface area contributed by atoms with Crippen LogP contribution in [0.25, 0.3) is 17.3 Å². The van der Waals surface area contributed by atoms with Crippen molar-refractivity contribution >= 4 is 12.0 Å². The molecular formula is C30H30N2O3. The van der Waals surface area contributed by atoms with Crippen molar-refractivity contribution in [3.05, 3.63) is 83.8 Å². The van der Waals surface area contributed by atoms with Gasteiger partial charge in [0.05, 0.1) is 23.8 Å².